The van der Waals surface area contributed by atoms with Crippen LogP contribution in [-0.2, 0) is 4.74 Å². The lowest BCUT2D eigenvalue weighted by Gasteiger charge is -2.06. The maximum Gasteiger partial charge on any atom is 0.360 e. The van der Waals surface area contributed by atoms with Crippen LogP contribution in [0.25, 0.3) is 0 Å². The van der Waals surface area contributed by atoms with Crippen molar-refractivity contribution < 1.29 is 13.9 Å². The zero-order valence-corrected chi connectivity index (χ0v) is 10.5. The molecular formula is C10H16N2O3S. The molecule has 90 valence electrons. The van der Waals surface area contributed by atoms with Gasteiger partial charge in [0.15, 0.2) is 5.69 Å². The van der Waals surface area contributed by atoms with Crippen LogP contribution in [-0.4, -0.2) is 35.6 Å². The summed E-state index contributed by atoms with van der Waals surface area (Å²) < 4.78 is 9.89. The molecule has 1 aromatic heterocycles. The number of hydrogen-bond acceptors (Lipinski definition) is 6. The van der Waals surface area contributed by atoms with E-state index in [-0.39, 0.29) is 5.69 Å². The smallest absolute Gasteiger partial charge is 0.360 e. The van der Waals surface area contributed by atoms with Crippen molar-refractivity contribution in [3.63, 3.8) is 0 Å². The number of rotatable bonds is 6. The third-order valence-corrected chi connectivity index (χ3v) is 2.90. The van der Waals surface area contributed by atoms with E-state index in [2.05, 4.69) is 17.2 Å². The molecule has 0 radical (unpaired) electrons. The summed E-state index contributed by atoms with van der Waals surface area (Å²) in [5.74, 6) is -0.461. The van der Waals surface area contributed by atoms with E-state index in [9.17, 15) is 4.79 Å². The summed E-state index contributed by atoms with van der Waals surface area (Å²) in [4.78, 5) is 15.2. The molecule has 0 fully saturated rings. The number of carbonyl (C=O) groups is 1. The van der Waals surface area contributed by atoms with Gasteiger partial charge in [0.25, 0.3) is 6.01 Å². The first-order valence-corrected chi connectivity index (χ1v) is 6.35. The standard InChI is InChI=1S/C10H16N2O3S/c1-4-14-9(13)8-6-15-10(12-8)11-5-7(2)16-3/h6-7H,4-5H2,1-3H3,(H,11,12). The molecule has 0 saturated heterocycles. The molecule has 1 aromatic rings. The lowest BCUT2D eigenvalue weighted by molar-refractivity contribution is 0.0519. The fourth-order valence-electron chi connectivity index (χ4n) is 0.968. The van der Waals surface area contributed by atoms with Crippen molar-refractivity contribution in [2.75, 3.05) is 24.7 Å². The number of aromatic nitrogens is 1. The van der Waals surface area contributed by atoms with Gasteiger partial charge in [0.2, 0.25) is 0 Å². The number of hydrogen-bond donors (Lipinski definition) is 1. The third kappa shape index (κ3) is 3.77. The van der Waals surface area contributed by atoms with Gasteiger partial charge < -0.3 is 14.5 Å². The minimum absolute atomic E-state index is 0.196. The second-order valence-corrected chi connectivity index (χ2v) is 4.46. The van der Waals surface area contributed by atoms with E-state index in [1.807, 2.05) is 6.26 Å². The molecule has 0 aromatic carbocycles. The van der Waals surface area contributed by atoms with E-state index < -0.39 is 5.97 Å². The zero-order chi connectivity index (χ0) is 12.0. The van der Waals surface area contributed by atoms with Gasteiger partial charge >= 0.3 is 5.97 Å². The Morgan fingerprint density at radius 1 is 1.75 bits per heavy atom. The number of nitrogens with one attached hydrogen (secondary N) is 1. The van der Waals surface area contributed by atoms with Gasteiger partial charge in [-0.1, -0.05) is 6.92 Å². The lowest BCUT2D eigenvalue weighted by Crippen LogP contribution is -2.13. The minimum atomic E-state index is -0.461. The van der Waals surface area contributed by atoms with Crippen LogP contribution in [0.1, 0.15) is 24.3 Å². The highest BCUT2D eigenvalue weighted by atomic mass is 32.2. The van der Waals surface area contributed by atoms with E-state index in [0.29, 0.717) is 17.9 Å². The Balaban J connectivity index is 2.48. The Kier molecular flexibility index (Phi) is 5.18. The molecule has 0 amide bonds. The molecular weight excluding hydrogens is 228 g/mol. The summed E-state index contributed by atoms with van der Waals surface area (Å²) in [5, 5.41) is 3.46. The first-order valence-electron chi connectivity index (χ1n) is 5.06. The van der Waals surface area contributed by atoms with E-state index >= 15 is 0 Å². The fourth-order valence-corrected chi connectivity index (χ4v) is 1.22. The summed E-state index contributed by atoms with van der Waals surface area (Å²) in [6.45, 7) is 4.91. The van der Waals surface area contributed by atoms with E-state index in [1.54, 1.807) is 18.7 Å². The predicted octanol–water partition coefficient (Wildman–Crippen LogP) is 2.01. The highest BCUT2D eigenvalue weighted by Gasteiger charge is 2.13. The first kappa shape index (κ1) is 12.9. The average Bonchev–Trinajstić information content (AvgIpc) is 2.75. The normalized spacial score (nSPS) is 12.2. The number of oxazole rings is 1. The van der Waals surface area contributed by atoms with Crippen LogP contribution in [0, 0.1) is 0 Å². The first-order chi connectivity index (χ1) is 7.67. The van der Waals surface area contributed by atoms with Gasteiger partial charge in [0.05, 0.1) is 6.61 Å². The average molecular weight is 244 g/mol. The maximum absolute atomic E-state index is 11.3. The van der Waals surface area contributed by atoms with Crippen molar-refractivity contribution in [1.29, 1.82) is 0 Å². The van der Waals surface area contributed by atoms with Crippen LogP contribution in [0.4, 0.5) is 6.01 Å². The molecule has 1 atom stereocenters. The molecule has 5 nitrogen and oxygen atoms in total. The van der Waals surface area contributed by atoms with Crippen molar-refractivity contribution >= 4 is 23.7 Å². The second kappa shape index (κ2) is 6.42. The Labute approximate surface area is 98.9 Å². The summed E-state index contributed by atoms with van der Waals surface area (Å²) in [5.41, 5.74) is 0.196. The number of ether oxygens (including phenoxy) is 1. The van der Waals surface area contributed by atoms with Crippen LogP contribution in [0.2, 0.25) is 0 Å². The molecule has 0 aliphatic heterocycles. The number of thioether (sulfide) groups is 1. The van der Waals surface area contributed by atoms with Crippen molar-refractivity contribution in [1.82, 2.24) is 4.98 Å². The maximum atomic E-state index is 11.3. The zero-order valence-electron chi connectivity index (χ0n) is 9.65. The highest BCUT2D eigenvalue weighted by Crippen LogP contribution is 2.11. The summed E-state index contributed by atoms with van der Waals surface area (Å²) in [6, 6.07) is 0.351. The fraction of sp³-hybridized carbons (Fsp3) is 0.600. The van der Waals surface area contributed by atoms with Gasteiger partial charge in [-0.15, -0.1) is 0 Å². The summed E-state index contributed by atoms with van der Waals surface area (Å²) in [7, 11) is 0. The summed E-state index contributed by atoms with van der Waals surface area (Å²) >= 11 is 1.74. The molecule has 6 heteroatoms. The van der Waals surface area contributed by atoms with Crippen LogP contribution in [0.3, 0.4) is 0 Å². The largest absolute Gasteiger partial charge is 0.461 e. The summed E-state index contributed by atoms with van der Waals surface area (Å²) in [6.07, 6.45) is 3.33. The van der Waals surface area contributed by atoms with Crippen molar-refractivity contribution in [3.05, 3.63) is 12.0 Å². The SMILES string of the molecule is CCOC(=O)c1coc(NCC(C)SC)n1. The van der Waals surface area contributed by atoms with Crippen LogP contribution in [0.15, 0.2) is 10.7 Å². The van der Waals surface area contributed by atoms with Gasteiger partial charge in [0.1, 0.15) is 6.26 Å². The van der Waals surface area contributed by atoms with E-state index in [1.165, 1.54) is 6.26 Å². The molecule has 16 heavy (non-hydrogen) atoms. The minimum Gasteiger partial charge on any atom is -0.461 e. The van der Waals surface area contributed by atoms with E-state index in [0.717, 1.165) is 6.54 Å². The molecule has 1 N–H and O–H groups in total. The topological polar surface area (TPSA) is 64.4 Å². The van der Waals surface area contributed by atoms with Crippen molar-refractivity contribution in [2.45, 2.75) is 19.1 Å². The van der Waals surface area contributed by atoms with Crippen molar-refractivity contribution in [2.24, 2.45) is 0 Å². The van der Waals surface area contributed by atoms with Crippen LogP contribution in [0.5, 0.6) is 0 Å². The Bertz CT molecular complexity index is 341. The molecule has 0 spiro atoms. The number of nitrogens with zero attached hydrogens (tertiary/aromatic N) is 1. The van der Waals surface area contributed by atoms with Crippen LogP contribution < -0.4 is 5.32 Å². The van der Waals surface area contributed by atoms with E-state index in [4.69, 9.17) is 9.15 Å². The molecule has 0 aliphatic rings. The van der Waals surface area contributed by atoms with Gasteiger partial charge in [0, 0.05) is 11.8 Å². The Morgan fingerprint density at radius 2 is 2.50 bits per heavy atom. The van der Waals surface area contributed by atoms with Gasteiger partial charge in [-0.2, -0.15) is 16.7 Å². The molecule has 1 heterocycles. The Morgan fingerprint density at radius 3 is 3.12 bits per heavy atom. The lowest BCUT2D eigenvalue weighted by atomic mass is 10.5. The molecule has 1 rings (SSSR count). The molecule has 0 saturated carbocycles. The quantitative estimate of drug-likeness (QED) is 0.772. The number of anilines is 1. The van der Waals surface area contributed by atoms with Gasteiger partial charge in [-0.25, -0.2) is 4.79 Å². The van der Waals surface area contributed by atoms with Crippen LogP contribution >= 0.6 is 11.8 Å². The molecule has 0 aliphatic carbocycles. The monoisotopic (exact) mass is 244 g/mol. The highest BCUT2D eigenvalue weighted by molar-refractivity contribution is 7.99. The second-order valence-electron chi connectivity index (χ2n) is 3.19. The van der Waals surface area contributed by atoms with Crippen molar-refractivity contribution in [3.8, 4) is 0 Å². The van der Waals surface area contributed by atoms with Gasteiger partial charge in [-0.05, 0) is 13.2 Å². The number of carbonyl (C=O) groups excluding carboxylic acids is 1. The predicted molar refractivity (Wildman–Crippen MR) is 63.9 cm³/mol. The Hall–Kier alpha value is -1.17. The molecule has 0 bridgehead atoms. The third-order valence-electron chi connectivity index (χ3n) is 1.93. The molecule has 1 unspecified atom stereocenters. The number of esters is 1. The van der Waals surface area contributed by atoms with Gasteiger partial charge in [-0.3, -0.25) is 0 Å².